The second-order valence-corrected chi connectivity index (χ2v) is 5.47. The molecule has 0 saturated carbocycles. The Morgan fingerprint density at radius 3 is 3.00 bits per heavy atom. The number of nitrogens with two attached hydrogens (primary N) is 1. The van der Waals surface area contributed by atoms with E-state index in [1.54, 1.807) is 0 Å². The fraction of sp³-hybridized carbons (Fsp3) is 0.417. The first kappa shape index (κ1) is 12.8. The van der Waals surface area contributed by atoms with Gasteiger partial charge in [-0.1, -0.05) is 28.1 Å². The molecule has 0 radical (unpaired) electrons. The first-order valence-corrected chi connectivity index (χ1v) is 6.80. The van der Waals surface area contributed by atoms with Gasteiger partial charge in [0.2, 0.25) is 0 Å². The molecule has 0 aromatic heterocycles. The Hall–Kier alpha value is -0.650. The van der Waals surface area contributed by atoms with Crippen molar-refractivity contribution in [3.63, 3.8) is 0 Å². The smallest absolute Gasteiger partial charge is 0.106 e. The molecule has 92 valence electrons. The van der Waals surface area contributed by atoms with Crippen LogP contribution in [0, 0.1) is 0 Å². The normalized spacial score (nSPS) is 19.9. The Bertz CT molecular complexity index is 419. The monoisotopic (exact) mass is 314 g/mol. The fourth-order valence-electron chi connectivity index (χ4n) is 1.92. The Morgan fingerprint density at radius 2 is 2.35 bits per heavy atom. The Kier molecular flexibility index (Phi) is 4.36. The van der Waals surface area contributed by atoms with Crippen molar-refractivity contribution in [3.05, 3.63) is 28.2 Å². The molecule has 1 saturated heterocycles. The van der Waals surface area contributed by atoms with Gasteiger partial charge in [0.05, 0.1) is 6.61 Å². The molecule has 1 fully saturated rings. The molecule has 1 aliphatic rings. The minimum absolute atomic E-state index is 0.345. The molecule has 0 spiro atoms. The van der Waals surface area contributed by atoms with Gasteiger partial charge in [-0.2, -0.15) is 0 Å². The lowest BCUT2D eigenvalue weighted by Crippen LogP contribution is -2.30. The van der Waals surface area contributed by atoms with Crippen molar-refractivity contribution >= 4 is 38.8 Å². The minimum Gasteiger partial charge on any atom is -0.389 e. The third-order valence-corrected chi connectivity index (χ3v) is 3.48. The average Bonchev–Trinajstić information content (AvgIpc) is 2.32. The lowest BCUT2D eigenvalue weighted by molar-refractivity contribution is 0.0876. The zero-order chi connectivity index (χ0) is 12.3. The Morgan fingerprint density at radius 1 is 1.53 bits per heavy atom. The summed E-state index contributed by atoms with van der Waals surface area (Å²) < 4.78 is 6.42. The number of hydrogen-bond acceptors (Lipinski definition) is 3. The summed E-state index contributed by atoms with van der Waals surface area (Å²) in [6, 6.07) is 6.26. The number of anilines is 1. The van der Waals surface area contributed by atoms with Crippen LogP contribution in [0.5, 0.6) is 0 Å². The SMILES string of the molecule is NC(=S)c1cc(Br)ccc1NC1CCCOC1. The van der Waals surface area contributed by atoms with Gasteiger partial charge in [0.25, 0.3) is 0 Å². The molecule has 1 atom stereocenters. The van der Waals surface area contributed by atoms with E-state index in [0.717, 1.165) is 41.8 Å². The van der Waals surface area contributed by atoms with Crippen LogP contribution in [-0.4, -0.2) is 24.2 Å². The van der Waals surface area contributed by atoms with Crippen molar-refractivity contribution in [1.29, 1.82) is 0 Å². The minimum atomic E-state index is 0.345. The highest BCUT2D eigenvalue weighted by atomic mass is 79.9. The van der Waals surface area contributed by atoms with E-state index in [1.807, 2.05) is 18.2 Å². The molecule has 5 heteroatoms. The maximum atomic E-state index is 5.73. The molecular weight excluding hydrogens is 300 g/mol. The zero-order valence-electron chi connectivity index (χ0n) is 9.41. The summed E-state index contributed by atoms with van der Waals surface area (Å²) in [5, 5.41) is 3.44. The predicted octanol–water partition coefficient (Wildman–Crippen LogP) is 2.67. The largest absolute Gasteiger partial charge is 0.389 e. The highest BCUT2D eigenvalue weighted by Crippen LogP contribution is 2.23. The van der Waals surface area contributed by atoms with Crippen molar-refractivity contribution < 1.29 is 4.74 Å². The maximum absolute atomic E-state index is 5.73. The Labute approximate surface area is 115 Å². The van der Waals surface area contributed by atoms with Crippen LogP contribution < -0.4 is 11.1 Å². The van der Waals surface area contributed by atoms with Gasteiger partial charge in [-0.25, -0.2) is 0 Å². The number of thiocarbonyl (C=S) groups is 1. The third-order valence-electron chi connectivity index (χ3n) is 2.77. The number of rotatable bonds is 3. The maximum Gasteiger partial charge on any atom is 0.106 e. The van der Waals surface area contributed by atoms with E-state index in [9.17, 15) is 0 Å². The van der Waals surface area contributed by atoms with Gasteiger partial charge < -0.3 is 15.8 Å². The van der Waals surface area contributed by atoms with Crippen molar-refractivity contribution in [2.75, 3.05) is 18.5 Å². The van der Waals surface area contributed by atoms with Crippen LogP contribution in [0.25, 0.3) is 0 Å². The predicted molar refractivity (Wildman–Crippen MR) is 77.5 cm³/mol. The van der Waals surface area contributed by atoms with E-state index >= 15 is 0 Å². The molecule has 1 heterocycles. The van der Waals surface area contributed by atoms with Crippen molar-refractivity contribution in [2.45, 2.75) is 18.9 Å². The molecular formula is C12H15BrN2OS. The quantitative estimate of drug-likeness (QED) is 0.842. The zero-order valence-corrected chi connectivity index (χ0v) is 11.8. The van der Waals surface area contributed by atoms with Gasteiger partial charge in [-0.15, -0.1) is 0 Å². The van der Waals surface area contributed by atoms with Crippen LogP contribution in [0.2, 0.25) is 0 Å². The molecule has 0 bridgehead atoms. The van der Waals surface area contributed by atoms with Crippen LogP contribution in [0.1, 0.15) is 18.4 Å². The lowest BCUT2D eigenvalue weighted by atomic mass is 10.1. The van der Waals surface area contributed by atoms with Crippen LogP contribution in [-0.2, 0) is 4.74 Å². The van der Waals surface area contributed by atoms with Gasteiger partial charge in [-0.05, 0) is 31.0 Å². The molecule has 1 unspecified atom stereocenters. The van der Waals surface area contributed by atoms with E-state index in [-0.39, 0.29) is 0 Å². The molecule has 0 amide bonds. The molecule has 0 aliphatic carbocycles. The average molecular weight is 315 g/mol. The molecule has 1 aromatic carbocycles. The van der Waals surface area contributed by atoms with Gasteiger partial charge in [0.15, 0.2) is 0 Å². The summed E-state index contributed by atoms with van der Waals surface area (Å²) in [6.45, 7) is 1.60. The highest BCUT2D eigenvalue weighted by molar-refractivity contribution is 9.10. The summed E-state index contributed by atoms with van der Waals surface area (Å²) in [7, 11) is 0. The molecule has 2 rings (SSSR count). The van der Waals surface area contributed by atoms with Gasteiger partial charge in [-0.3, -0.25) is 0 Å². The summed E-state index contributed by atoms with van der Waals surface area (Å²) >= 11 is 8.48. The van der Waals surface area contributed by atoms with Crippen molar-refractivity contribution in [2.24, 2.45) is 5.73 Å². The van der Waals surface area contributed by atoms with Crippen molar-refractivity contribution in [1.82, 2.24) is 0 Å². The van der Waals surface area contributed by atoms with E-state index < -0.39 is 0 Å². The number of hydrogen-bond donors (Lipinski definition) is 2. The number of halogens is 1. The van der Waals surface area contributed by atoms with Crippen molar-refractivity contribution in [3.8, 4) is 0 Å². The molecule has 17 heavy (non-hydrogen) atoms. The van der Waals surface area contributed by atoms with Crippen LogP contribution in [0.3, 0.4) is 0 Å². The van der Waals surface area contributed by atoms with Crippen LogP contribution >= 0.6 is 28.1 Å². The van der Waals surface area contributed by atoms with Crippen LogP contribution in [0.4, 0.5) is 5.69 Å². The second kappa shape index (κ2) is 5.80. The van der Waals surface area contributed by atoms with Gasteiger partial charge in [0, 0.05) is 28.4 Å². The first-order chi connectivity index (χ1) is 8.16. The molecule has 3 nitrogen and oxygen atoms in total. The van der Waals surface area contributed by atoms with E-state index in [2.05, 4.69) is 21.2 Å². The van der Waals surface area contributed by atoms with E-state index in [4.69, 9.17) is 22.7 Å². The van der Waals surface area contributed by atoms with E-state index in [0.29, 0.717) is 11.0 Å². The summed E-state index contributed by atoms with van der Waals surface area (Å²) in [5.41, 5.74) is 7.59. The van der Waals surface area contributed by atoms with Gasteiger partial charge >= 0.3 is 0 Å². The van der Waals surface area contributed by atoms with E-state index in [1.165, 1.54) is 0 Å². The number of ether oxygens (including phenoxy) is 1. The van der Waals surface area contributed by atoms with Gasteiger partial charge in [0.1, 0.15) is 4.99 Å². The Balaban J connectivity index is 2.16. The number of benzene rings is 1. The summed E-state index contributed by atoms with van der Waals surface area (Å²) in [6.07, 6.45) is 2.21. The topological polar surface area (TPSA) is 47.3 Å². The molecule has 1 aromatic rings. The highest BCUT2D eigenvalue weighted by Gasteiger charge is 2.15. The van der Waals surface area contributed by atoms with Crippen LogP contribution in [0.15, 0.2) is 22.7 Å². The summed E-state index contributed by atoms with van der Waals surface area (Å²) in [5.74, 6) is 0. The standard InChI is InChI=1S/C12H15BrN2OS/c13-8-3-4-11(10(6-8)12(14)17)15-9-2-1-5-16-7-9/h3-4,6,9,15H,1-2,5,7H2,(H2,14,17). The fourth-order valence-corrected chi connectivity index (χ4v) is 2.45. The second-order valence-electron chi connectivity index (χ2n) is 4.11. The summed E-state index contributed by atoms with van der Waals surface area (Å²) in [4.78, 5) is 0.408. The number of nitrogens with one attached hydrogen (secondary N) is 1. The lowest BCUT2D eigenvalue weighted by Gasteiger charge is -2.25. The molecule has 3 N–H and O–H groups in total. The third kappa shape index (κ3) is 3.40. The molecule has 1 aliphatic heterocycles. The first-order valence-electron chi connectivity index (χ1n) is 5.60.